The van der Waals surface area contributed by atoms with Crippen LogP contribution in [0.15, 0.2) is 23.1 Å². The molecular weight excluding hydrogens is 457 g/mol. The highest BCUT2D eigenvalue weighted by Crippen LogP contribution is 2.57. The Hall–Kier alpha value is -2.53. The van der Waals surface area contributed by atoms with E-state index in [1.807, 2.05) is 0 Å². The number of hydrogen-bond acceptors (Lipinski definition) is 6. The summed E-state index contributed by atoms with van der Waals surface area (Å²) in [5.74, 6) is -0.119. The van der Waals surface area contributed by atoms with Gasteiger partial charge in [0.15, 0.2) is 0 Å². The van der Waals surface area contributed by atoms with Crippen molar-refractivity contribution in [3.63, 3.8) is 0 Å². The van der Waals surface area contributed by atoms with E-state index >= 15 is 0 Å². The highest BCUT2D eigenvalue weighted by molar-refractivity contribution is 7.89. The second-order valence-electron chi connectivity index (χ2n) is 10.6. The van der Waals surface area contributed by atoms with Crippen molar-refractivity contribution in [2.24, 2.45) is 11.8 Å². The summed E-state index contributed by atoms with van der Waals surface area (Å²) in [7, 11) is -3.96. The van der Waals surface area contributed by atoms with Gasteiger partial charge in [-0.25, -0.2) is 17.5 Å². The zero-order valence-corrected chi connectivity index (χ0v) is 19.7. The fourth-order valence-electron chi connectivity index (χ4n) is 7.25. The lowest BCUT2D eigenvalue weighted by molar-refractivity contribution is -0.131. The highest BCUT2D eigenvalue weighted by atomic mass is 32.2. The van der Waals surface area contributed by atoms with E-state index in [-0.39, 0.29) is 34.5 Å². The molecule has 180 valence electrons. The van der Waals surface area contributed by atoms with Gasteiger partial charge >= 0.3 is 0 Å². The molecule has 5 aliphatic rings. The Bertz CT molecular complexity index is 1190. The number of nitrogens with zero attached hydrogens (tertiary/aromatic N) is 3. The number of carbonyl (C=O) groups excluding carboxylic acids is 1. The summed E-state index contributed by atoms with van der Waals surface area (Å²) >= 11 is 0. The molecule has 0 aromatic heterocycles. The van der Waals surface area contributed by atoms with Crippen molar-refractivity contribution in [3.05, 3.63) is 29.6 Å². The van der Waals surface area contributed by atoms with E-state index in [1.54, 1.807) is 11.0 Å². The predicted octanol–water partition coefficient (Wildman–Crippen LogP) is 2.17. The van der Waals surface area contributed by atoms with Gasteiger partial charge in [0.2, 0.25) is 15.9 Å². The van der Waals surface area contributed by atoms with Gasteiger partial charge < -0.3 is 10.2 Å². The number of rotatable bonds is 6. The number of likely N-dealkylation sites (tertiary alicyclic amines) is 1. The van der Waals surface area contributed by atoms with Gasteiger partial charge in [0.05, 0.1) is 23.1 Å². The molecule has 1 amide bonds. The first kappa shape index (κ1) is 23.2. The fraction of sp³-hybridized carbons (Fsp3) is 0.625. The van der Waals surface area contributed by atoms with Crippen molar-refractivity contribution in [2.45, 2.75) is 73.4 Å². The van der Waals surface area contributed by atoms with Gasteiger partial charge in [-0.15, -0.1) is 0 Å². The second kappa shape index (κ2) is 8.30. The zero-order valence-electron chi connectivity index (χ0n) is 18.9. The van der Waals surface area contributed by atoms with Crippen LogP contribution >= 0.6 is 0 Å². The maximum absolute atomic E-state index is 13.7. The molecule has 1 aliphatic heterocycles. The second-order valence-corrected chi connectivity index (χ2v) is 12.3. The van der Waals surface area contributed by atoms with Crippen LogP contribution in [-0.4, -0.2) is 49.4 Å². The normalized spacial score (nSPS) is 34.1. The molecule has 4 aliphatic carbocycles. The van der Waals surface area contributed by atoms with Crippen molar-refractivity contribution in [3.8, 4) is 12.1 Å². The lowest BCUT2D eigenvalue weighted by Crippen LogP contribution is -2.69. The van der Waals surface area contributed by atoms with Crippen LogP contribution in [0, 0.1) is 40.3 Å². The van der Waals surface area contributed by atoms with Crippen LogP contribution in [-0.2, 0) is 14.8 Å². The van der Waals surface area contributed by atoms with Crippen LogP contribution in [0.1, 0.15) is 56.9 Å². The van der Waals surface area contributed by atoms with Crippen molar-refractivity contribution >= 4 is 15.9 Å². The minimum absolute atomic E-state index is 0.0789. The first-order valence-corrected chi connectivity index (χ1v) is 13.3. The molecule has 1 heterocycles. The molecule has 2 unspecified atom stereocenters. The molecular formula is C24H28FN5O3S. The quantitative estimate of drug-likeness (QED) is 0.636. The Morgan fingerprint density at radius 2 is 1.88 bits per heavy atom. The third-order valence-electron chi connectivity index (χ3n) is 8.12. The van der Waals surface area contributed by atoms with Gasteiger partial charge in [-0.05, 0) is 81.4 Å². The minimum atomic E-state index is -3.96. The highest BCUT2D eigenvalue weighted by Gasteiger charge is 2.58. The summed E-state index contributed by atoms with van der Waals surface area (Å²) in [5.41, 5.74) is -1.27. The Morgan fingerprint density at radius 3 is 2.56 bits per heavy atom. The van der Waals surface area contributed by atoms with Crippen molar-refractivity contribution in [1.82, 2.24) is 14.9 Å². The summed E-state index contributed by atoms with van der Waals surface area (Å²) in [6.45, 7) is 0.743. The lowest BCUT2D eigenvalue weighted by atomic mass is 9.50. The van der Waals surface area contributed by atoms with Gasteiger partial charge in [0, 0.05) is 17.6 Å². The largest absolute Gasteiger partial charge is 0.326 e. The summed E-state index contributed by atoms with van der Waals surface area (Å²) in [6.07, 6.45) is 6.44. The summed E-state index contributed by atoms with van der Waals surface area (Å²) in [5, 5.41) is 21.9. The van der Waals surface area contributed by atoms with E-state index in [1.165, 1.54) is 6.07 Å². The Labute approximate surface area is 199 Å². The molecule has 1 aromatic carbocycles. The van der Waals surface area contributed by atoms with E-state index in [9.17, 15) is 22.9 Å². The first-order valence-electron chi connectivity index (χ1n) is 11.8. The molecule has 8 nitrogen and oxygen atoms in total. The van der Waals surface area contributed by atoms with Crippen LogP contribution in [0.5, 0.6) is 0 Å². The topological polar surface area (TPSA) is 126 Å². The summed E-state index contributed by atoms with van der Waals surface area (Å²) < 4.78 is 43.2. The van der Waals surface area contributed by atoms with Gasteiger partial charge in [-0.1, -0.05) is 0 Å². The number of sulfonamides is 1. The van der Waals surface area contributed by atoms with Crippen LogP contribution in [0.3, 0.4) is 0 Å². The number of amides is 1. The average molecular weight is 486 g/mol. The molecule has 10 heteroatoms. The number of nitriles is 2. The SMILES string of the molecule is N#Cc1cc(S(=O)(=O)NC23CC4CC(CC(NCC(=O)N5CCC[C@H]5C#N)(C4)C2)C3)ccc1F. The molecule has 2 N–H and O–H groups in total. The van der Waals surface area contributed by atoms with Crippen LogP contribution in [0.4, 0.5) is 4.39 Å². The molecule has 34 heavy (non-hydrogen) atoms. The third kappa shape index (κ3) is 4.08. The molecule has 0 radical (unpaired) electrons. The maximum atomic E-state index is 13.7. The van der Waals surface area contributed by atoms with E-state index < -0.39 is 21.4 Å². The Balaban J connectivity index is 1.34. The van der Waals surface area contributed by atoms with E-state index in [4.69, 9.17) is 5.26 Å². The predicted molar refractivity (Wildman–Crippen MR) is 120 cm³/mol. The molecule has 4 saturated carbocycles. The number of nitrogens with one attached hydrogen (secondary N) is 2. The summed E-state index contributed by atoms with van der Waals surface area (Å²) in [6, 6.07) is 6.81. The molecule has 5 fully saturated rings. The molecule has 0 spiro atoms. The molecule has 6 rings (SSSR count). The number of halogens is 1. The van der Waals surface area contributed by atoms with Crippen LogP contribution in [0.25, 0.3) is 0 Å². The van der Waals surface area contributed by atoms with Crippen LogP contribution in [0.2, 0.25) is 0 Å². The van der Waals surface area contributed by atoms with E-state index in [2.05, 4.69) is 16.1 Å². The van der Waals surface area contributed by atoms with Gasteiger partial charge in [-0.3, -0.25) is 4.79 Å². The van der Waals surface area contributed by atoms with Gasteiger partial charge in [0.25, 0.3) is 0 Å². The van der Waals surface area contributed by atoms with Crippen LogP contribution < -0.4 is 10.0 Å². The Morgan fingerprint density at radius 1 is 1.18 bits per heavy atom. The smallest absolute Gasteiger partial charge is 0.241 e. The number of benzene rings is 1. The lowest BCUT2D eigenvalue weighted by Gasteiger charge is -2.62. The monoisotopic (exact) mass is 485 g/mol. The minimum Gasteiger partial charge on any atom is -0.326 e. The van der Waals surface area contributed by atoms with Gasteiger partial charge in [-0.2, -0.15) is 10.5 Å². The Kier molecular flexibility index (Phi) is 5.67. The van der Waals surface area contributed by atoms with Gasteiger partial charge in [0.1, 0.15) is 17.9 Å². The fourth-order valence-corrected chi connectivity index (χ4v) is 8.70. The van der Waals surface area contributed by atoms with Crippen molar-refractivity contribution in [1.29, 1.82) is 10.5 Å². The maximum Gasteiger partial charge on any atom is 0.241 e. The molecule has 4 bridgehead atoms. The number of carbonyl (C=O) groups is 1. The average Bonchev–Trinajstić information content (AvgIpc) is 3.25. The van der Waals surface area contributed by atoms with E-state index in [0.717, 1.165) is 50.7 Å². The van der Waals surface area contributed by atoms with E-state index in [0.29, 0.717) is 31.2 Å². The standard InChI is InChI=1S/C24H28FN5O3S/c25-21-4-3-20(7-18(21)12-26)34(32,33)29-24-10-16-6-17(11-24)9-23(8-16,15-24)28-14-22(31)30-5-1-2-19(30)13-27/h3-4,7,16-17,19,28-29H,1-2,5-6,8-11,14-15H2/t16?,17?,19-,23?,24?/m0/s1. The first-order chi connectivity index (χ1) is 16.2. The molecule has 1 aromatic rings. The molecule has 3 atom stereocenters. The van der Waals surface area contributed by atoms with Crippen molar-refractivity contribution < 1.29 is 17.6 Å². The third-order valence-corrected chi connectivity index (χ3v) is 9.69. The number of hydrogen-bond donors (Lipinski definition) is 2. The summed E-state index contributed by atoms with van der Waals surface area (Å²) in [4.78, 5) is 14.4. The molecule has 1 saturated heterocycles. The zero-order chi connectivity index (χ0) is 24.1. The van der Waals surface area contributed by atoms with Crippen molar-refractivity contribution in [2.75, 3.05) is 13.1 Å².